The molecule has 0 aliphatic carbocycles. The lowest BCUT2D eigenvalue weighted by molar-refractivity contribution is 0.577. The van der Waals surface area contributed by atoms with E-state index in [4.69, 9.17) is 5.73 Å². The molecule has 0 atom stereocenters. The summed E-state index contributed by atoms with van der Waals surface area (Å²) < 4.78 is 0. The van der Waals surface area contributed by atoms with Crippen LogP contribution in [-0.2, 0) is 0 Å². The van der Waals surface area contributed by atoms with Gasteiger partial charge in [0.05, 0.1) is 0 Å². The Morgan fingerprint density at radius 1 is 1.11 bits per heavy atom. The Hall–Kier alpha value is -2.14. The van der Waals surface area contributed by atoms with Crippen LogP contribution in [0, 0.1) is 0 Å². The van der Waals surface area contributed by atoms with Crippen molar-refractivity contribution in [2.24, 2.45) is 5.73 Å². The summed E-state index contributed by atoms with van der Waals surface area (Å²) in [6, 6.07) is 11.8. The van der Waals surface area contributed by atoms with Gasteiger partial charge in [-0.2, -0.15) is 0 Å². The largest absolute Gasteiger partial charge is 0.364 e. The van der Waals surface area contributed by atoms with E-state index in [2.05, 4.69) is 20.6 Å². The number of rotatable bonds is 5. The number of anilines is 3. The Morgan fingerprint density at radius 3 is 2.47 bits per heavy atom. The van der Waals surface area contributed by atoms with Crippen LogP contribution in [0.2, 0.25) is 0 Å². The fourth-order valence-corrected chi connectivity index (χ4v) is 1.56. The van der Waals surface area contributed by atoms with E-state index in [0.717, 1.165) is 17.3 Å². The molecule has 0 fully saturated rings. The maximum absolute atomic E-state index is 5.69. The fourth-order valence-electron chi connectivity index (χ4n) is 1.56. The van der Waals surface area contributed by atoms with Gasteiger partial charge in [-0.15, -0.1) is 0 Å². The Morgan fingerprint density at radius 2 is 1.79 bits per heavy atom. The van der Waals surface area contributed by atoms with Crippen molar-refractivity contribution >= 4 is 17.3 Å². The summed E-state index contributed by atoms with van der Waals surface area (Å²) in [4.78, 5) is 8.39. The number of para-hydroxylation sites is 1. The Bertz CT molecular complexity index is 524. The molecular formula is C14H19N5. The summed E-state index contributed by atoms with van der Waals surface area (Å²) in [5.41, 5.74) is 6.49. The van der Waals surface area contributed by atoms with Crippen LogP contribution in [-0.4, -0.2) is 22.1 Å². The second kappa shape index (κ2) is 5.67. The van der Waals surface area contributed by atoms with Crippen LogP contribution in [0.15, 0.2) is 42.7 Å². The zero-order valence-corrected chi connectivity index (χ0v) is 11.2. The highest BCUT2D eigenvalue weighted by atomic mass is 15.1. The first kappa shape index (κ1) is 13.3. The molecule has 2 rings (SSSR count). The van der Waals surface area contributed by atoms with Crippen LogP contribution in [0.3, 0.4) is 0 Å². The maximum atomic E-state index is 5.69. The number of hydrogen-bond acceptors (Lipinski definition) is 5. The number of nitrogens with one attached hydrogen (secondary N) is 2. The van der Waals surface area contributed by atoms with E-state index in [-0.39, 0.29) is 5.54 Å². The monoisotopic (exact) mass is 257 g/mol. The lowest BCUT2D eigenvalue weighted by Gasteiger charge is -2.24. The standard InChI is InChI=1S/C14H19N5/c1-14(2,9-15)19-13-8-12(16-10-17-13)18-11-6-4-3-5-7-11/h3-8,10H,9,15H2,1-2H3,(H2,16,17,18,19). The Labute approximate surface area is 113 Å². The van der Waals surface area contributed by atoms with Gasteiger partial charge in [0.15, 0.2) is 0 Å². The van der Waals surface area contributed by atoms with Crippen molar-refractivity contribution in [2.45, 2.75) is 19.4 Å². The molecule has 5 heteroatoms. The third-order valence-electron chi connectivity index (χ3n) is 2.69. The molecule has 0 saturated carbocycles. The average Bonchev–Trinajstić information content (AvgIpc) is 2.40. The first-order chi connectivity index (χ1) is 9.09. The number of nitrogens with two attached hydrogens (primary N) is 1. The van der Waals surface area contributed by atoms with Crippen molar-refractivity contribution in [1.82, 2.24) is 9.97 Å². The molecule has 0 bridgehead atoms. The summed E-state index contributed by atoms with van der Waals surface area (Å²) >= 11 is 0. The van der Waals surface area contributed by atoms with Gasteiger partial charge in [0.2, 0.25) is 0 Å². The number of nitrogens with zero attached hydrogens (tertiary/aromatic N) is 2. The van der Waals surface area contributed by atoms with Crippen LogP contribution in [0.4, 0.5) is 17.3 Å². The van der Waals surface area contributed by atoms with Crippen LogP contribution in [0.5, 0.6) is 0 Å². The predicted molar refractivity (Wildman–Crippen MR) is 78.5 cm³/mol. The average molecular weight is 257 g/mol. The topological polar surface area (TPSA) is 75.9 Å². The summed E-state index contributed by atoms with van der Waals surface area (Å²) in [5.74, 6) is 1.50. The third kappa shape index (κ3) is 3.93. The third-order valence-corrected chi connectivity index (χ3v) is 2.69. The minimum atomic E-state index is -0.196. The van der Waals surface area contributed by atoms with Crippen LogP contribution in [0.25, 0.3) is 0 Å². The predicted octanol–water partition coefficient (Wildman–Crippen LogP) is 2.37. The summed E-state index contributed by atoms with van der Waals surface area (Å²) in [7, 11) is 0. The highest BCUT2D eigenvalue weighted by Gasteiger charge is 2.15. The molecule has 0 radical (unpaired) electrons. The van der Waals surface area contributed by atoms with Crippen LogP contribution in [0.1, 0.15) is 13.8 Å². The molecule has 1 aromatic carbocycles. The zero-order valence-electron chi connectivity index (χ0n) is 11.2. The first-order valence-corrected chi connectivity index (χ1v) is 6.21. The lowest BCUT2D eigenvalue weighted by Crippen LogP contribution is -2.39. The van der Waals surface area contributed by atoms with Gasteiger partial charge in [-0.25, -0.2) is 9.97 Å². The van der Waals surface area contributed by atoms with Crippen molar-refractivity contribution in [3.05, 3.63) is 42.7 Å². The quantitative estimate of drug-likeness (QED) is 0.766. The first-order valence-electron chi connectivity index (χ1n) is 6.21. The summed E-state index contributed by atoms with van der Waals surface area (Å²) in [6.07, 6.45) is 1.53. The van der Waals surface area contributed by atoms with E-state index in [0.29, 0.717) is 6.54 Å². The molecule has 0 aliphatic rings. The summed E-state index contributed by atoms with van der Waals surface area (Å²) in [5, 5.41) is 6.50. The molecule has 0 aliphatic heterocycles. The molecular weight excluding hydrogens is 238 g/mol. The van der Waals surface area contributed by atoms with Gasteiger partial charge in [0.25, 0.3) is 0 Å². The van der Waals surface area contributed by atoms with E-state index >= 15 is 0 Å². The molecule has 1 aromatic heterocycles. The maximum Gasteiger partial charge on any atom is 0.135 e. The molecule has 5 nitrogen and oxygen atoms in total. The van der Waals surface area contributed by atoms with Crippen molar-refractivity contribution in [3.8, 4) is 0 Å². The normalized spacial score (nSPS) is 11.1. The fraction of sp³-hybridized carbons (Fsp3) is 0.286. The van der Waals surface area contributed by atoms with Crippen molar-refractivity contribution in [1.29, 1.82) is 0 Å². The molecule has 0 amide bonds. The van der Waals surface area contributed by atoms with Crippen molar-refractivity contribution < 1.29 is 0 Å². The lowest BCUT2D eigenvalue weighted by atomic mass is 10.1. The summed E-state index contributed by atoms with van der Waals surface area (Å²) in [6.45, 7) is 4.58. The molecule has 0 unspecified atom stereocenters. The van der Waals surface area contributed by atoms with Crippen molar-refractivity contribution in [3.63, 3.8) is 0 Å². The van der Waals surface area contributed by atoms with E-state index in [1.54, 1.807) is 0 Å². The SMILES string of the molecule is CC(C)(CN)Nc1cc(Nc2ccccc2)ncn1. The van der Waals surface area contributed by atoms with E-state index in [1.807, 2.05) is 50.2 Å². The molecule has 100 valence electrons. The van der Waals surface area contributed by atoms with Crippen LogP contribution >= 0.6 is 0 Å². The smallest absolute Gasteiger partial charge is 0.135 e. The molecule has 0 spiro atoms. The second-order valence-electron chi connectivity index (χ2n) is 4.99. The van der Waals surface area contributed by atoms with Crippen molar-refractivity contribution in [2.75, 3.05) is 17.2 Å². The molecule has 2 aromatic rings. The van der Waals surface area contributed by atoms with Gasteiger partial charge in [-0.05, 0) is 26.0 Å². The number of benzene rings is 1. The molecule has 1 heterocycles. The van der Waals surface area contributed by atoms with Gasteiger partial charge in [0.1, 0.15) is 18.0 Å². The number of hydrogen-bond donors (Lipinski definition) is 3. The van der Waals surface area contributed by atoms with E-state index in [9.17, 15) is 0 Å². The zero-order chi connectivity index (χ0) is 13.7. The minimum Gasteiger partial charge on any atom is -0.364 e. The van der Waals surface area contributed by atoms with Gasteiger partial charge < -0.3 is 16.4 Å². The van der Waals surface area contributed by atoms with Gasteiger partial charge in [0, 0.05) is 23.8 Å². The highest BCUT2D eigenvalue weighted by Crippen LogP contribution is 2.17. The van der Waals surface area contributed by atoms with E-state index < -0.39 is 0 Å². The second-order valence-corrected chi connectivity index (χ2v) is 4.99. The van der Waals surface area contributed by atoms with Crippen LogP contribution < -0.4 is 16.4 Å². The Kier molecular flexibility index (Phi) is 3.97. The minimum absolute atomic E-state index is 0.196. The highest BCUT2D eigenvalue weighted by molar-refractivity contribution is 5.58. The van der Waals surface area contributed by atoms with Gasteiger partial charge >= 0.3 is 0 Å². The van der Waals surface area contributed by atoms with E-state index in [1.165, 1.54) is 6.33 Å². The van der Waals surface area contributed by atoms with Gasteiger partial charge in [-0.1, -0.05) is 18.2 Å². The molecule has 19 heavy (non-hydrogen) atoms. The number of aromatic nitrogens is 2. The van der Waals surface area contributed by atoms with Gasteiger partial charge in [-0.3, -0.25) is 0 Å². The Balaban J connectivity index is 2.11. The molecule has 4 N–H and O–H groups in total. The molecule has 0 saturated heterocycles.